The molecule has 0 aromatic carbocycles. The van der Waals surface area contributed by atoms with Gasteiger partial charge in [-0.15, -0.1) is 0 Å². The van der Waals surface area contributed by atoms with Gasteiger partial charge in [-0.2, -0.15) is 0 Å². The normalized spacial score (nSPS) is 14.8. The van der Waals surface area contributed by atoms with Crippen molar-refractivity contribution in [2.45, 2.75) is 98.3 Å². The van der Waals surface area contributed by atoms with E-state index in [4.69, 9.17) is 0 Å². The van der Waals surface area contributed by atoms with Gasteiger partial charge in [0.2, 0.25) is 0 Å². The summed E-state index contributed by atoms with van der Waals surface area (Å²) in [5, 5.41) is 0. The number of hydrogen-bond donors (Lipinski definition) is 0. The molecular weight excluding hydrogens is 204 g/mol. The molecule has 0 aliphatic rings. The molecule has 104 valence electrons. The average molecular weight is 240 g/mol. The van der Waals surface area contributed by atoms with E-state index >= 15 is 0 Å². The molecule has 0 amide bonds. The first-order valence-electron chi connectivity index (χ1n) is 8.20. The van der Waals surface area contributed by atoms with Gasteiger partial charge in [0.1, 0.15) is 0 Å². The fourth-order valence-electron chi connectivity index (χ4n) is 2.69. The Morgan fingerprint density at radius 2 is 1.00 bits per heavy atom. The van der Waals surface area contributed by atoms with Crippen molar-refractivity contribution in [1.82, 2.24) is 0 Å². The summed E-state index contributed by atoms with van der Waals surface area (Å²) >= 11 is 0. The Kier molecular flexibility index (Phi) is 12.5. The van der Waals surface area contributed by atoms with E-state index in [2.05, 4.69) is 27.7 Å². The lowest BCUT2D eigenvalue weighted by Crippen LogP contribution is -1.96. The van der Waals surface area contributed by atoms with Crippen molar-refractivity contribution >= 4 is 0 Å². The van der Waals surface area contributed by atoms with E-state index in [1.165, 1.54) is 70.6 Å². The Labute approximate surface area is 111 Å². The smallest absolute Gasteiger partial charge is 0.0443 e. The summed E-state index contributed by atoms with van der Waals surface area (Å²) in [4.78, 5) is 0. The van der Waals surface area contributed by atoms with Crippen LogP contribution in [0.5, 0.6) is 0 Å². The number of rotatable bonds is 12. The maximum absolute atomic E-state index is 2.44. The predicted molar refractivity (Wildman–Crippen MR) is 80.5 cm³/mol. The second kappa shape index (κ2) is 12.5. The zero-order chi connectivity index (χ0) is 12.9. The molecule has 2 unspecified atom stereocenters. The van der Waals surface area contributed by atoms with Crippen molar-refractivity contribution in [3.8, 4) is 0 Å². The van der Waals surface area contributed by atoms with Crippen LogP contribution in [0.2, 0.25) is 0 Å². The lowest BCUT2D eigenvalue weighted by molar-refractivity contribution is 0.417. The minimum Gasteiger partial charge on any atom is -0.0654 e. The molecule has 0 saturated heterocycles. The summed E-state index contributed by atoms with van der Waals surface area (Å²) in [6.07, 6.45) is 15.8. The second-order valence-electron chi connectivity index (χ2n) is 6.13. The topological polar surface area (TPSA) is 0 Å². The summed E-state index contributed by atoms with van der Waals surface area (Å²) in [6, 6.07) is 0. The molecule has 0 heterocycles. The van der Waals surface area contributed by atoms with E-state index in [-0.39, 0.29) is 0 Å². The molecule has 0 nitrogen and oxygen atoms in total. The molecule has 0 heteroatoms. The molecular formula is C17H36. The molecule has 0 fully saturated rings. The van der Waals surface area contributed by atoms with Crippen LogP contribution in [0.3, 0.4) is 0 Å². The molecule has 2 atom stereocenters. The maximum atomic E-state index is 2.44. The zero-order valence-electron chi connectivity index (χ0n) is 12.9. The molecule has 17 heavy (non-hydrogen) atoms. The van der Waals surface area contributed by atoms with Crippen molar-refractivity contribution in [2.24, 2.45) is 11.8 Å². The van der Waals surface area contributed by atoms with Gasteiger partial charge in [-0.1, -0.05) is 98.3 Å². The fraction of sp³-hybridized carbons (Fsp3) is 1.00. The molecule has 0 spiro atoms. The van der Waals surface area contributed by atoms with Crippen LogP contribution in [0, 0.1) is 11.8 Å². The Balaban J connectivity index is 3.21. The highest BCUT2D eigenvalue weighted by Crippen LogP contribution is 2.19. The SMILES string of the molecule is CCCCCC(C)CCCCCC(C)CCC. The monoisotopic (exact) mass is 240 g/mol. The quantitative estimate of drug-likeness (QED) is 0.338. The molecule has 0 saturated carbocycles. The minimum absolute atomic E-state index is 0.960. The molecule has 0 bridgehead atoms. The van der Waals surface area contributed by atoms with Crippen LogP contribution in [-0.4, -0.2) is 0 Å². The van der Waals surface area contributed by atoms with E-state index < -0.39 is 0 Å². The Morgan fingerprint density at radius 1 is 0.529 bits per heavy atom. The van der Waals surface area contributed by atoms with Crippen molar-refractivity contribution in [2.75, 3.05) is 0 Å². The molecule has 0 N–H and O–H groups in total. The van der Waals surface area contributed by atoms with Gasteiger partial charge in [0, 0.05) is 0 Å². The van der Waals surface area contributed by atoms with Crippen LogP contribution in [0.25, 0.3) is 0 Å². The summed E-state index contributed by atoms with van der Waals surface area (Å²) in [7, 11) is 0. The fourth-order valence-corrected chi connectivity index (χ4v) is 2.69. The van der Waals surface area contributed by atoms with Gasteiger partial charge < -0.3 is 0 Å². The van der Waals surface area contributed by atoms with Gasteiger partial charge in [0.05, 0.1) is 0 Å². The zero-order valence-corrected chi connectivity index (χ0v) is 12.9. The largest absolute Gasteiger partial charge is 0.0654 e. The highest BCUT2D eigenvalue weighted by Gasteiger charge is 2.03. The molecule has 0 radical (unpaired) electrons. The maximum Gasteiger partial charge on any atom is -0.0443 e. The molecule has 0 aromatic rings. The van der Waals surface area contributed by atoms with E-state index in [9.17, 15) is 0 Å². The highest BCUT2D eigenvalue weighted by molar-refractivity contribution is 4.56. The Hall–Kier alpha value is 0. The number of unbranched alkanes of at least 4 members (excludes halogenated alkanes) is 4. The summed E-state index contributed by atoms with van der Waals surface area (Å²) in [6.45, 7) is 9.45. The van der Waals surface area contributed by atoms with Crippen molar-refractivity contribution in [1.29, 1.82) is 0 Å². The van der Waals surface area contributed by atoms with Crippen LogP contribution in [0.1, 0.15) is 98.3 Å². The summed E-state index contributed by atoms with van der Waals surface area (Å²) < 4.78 is 0. The van der Waals surface area contributed by atoms with E-state index in [1.807, 2.05) is 0 Å². The van der Waals surface area contributed by atoms with Gasteiger partial charge >= 0.3 is 0 Å². The van der Waals surface area contributed by atoms with E-state index in [1.54, 1.807) is 0 Å². The van der Waals surface area contributed by atoms with Crippen molar-refractivity contribution in [3.63, 3.8) is 0 Å². The first kappa shape index (κ1) is 17.0. The van der Waals surface area contributed by atoms with Crippen molar-refractivity contribution in [3.05, 3.63) is 0 Å². The van der Waals surface area contributed by atoms with Gasteiger partial charge in [0.25, 0.3) is 0 Å². The van der Waals surface area contributed by atoms with Crippen LogP contribution >= 0.6 is 0 Å². The Bertz CT molecular complexity index is 139. The number of hydrogen-bond acceptors (Lipinski definition) is 0. The lowest BCUT2D eigenvalue weighted by Gasteiger charge is -2.12. The average Bonchev–Trinajstić information content (AvgIpc) is 2.29. The lowest BCUT2D eigenvalue weighted by atomic mass is 9.94. The third-order valence-electron chi connectivity index (χ3n) is 3.98. The van der Waals surface area contributed by atoms with Crippen LogP contribution < -0.4 is 0 Å². The molecule has 0 rings (SSSR count). The van der Waals surface area contributed by atoms with Gasteiger partial charge in [0.15, 0.2) is 0 Å². The molecule has 0 aliphatic heterocycles. The van der Waals surface area contributed by atoms with Gasteiger partial charge in [-0.25, -0.2) is 0 Å². The second-order valence-corrected chi connectivity index (χ2v) is 6.13. The first-order valence-corrected chi connectivity index (χ1v) is 8.20. The summed E-state index contributed by atoms with van der Waals surface area (Å²) in [5.74, 6) is 1.93. The first-order chi connectivity index (χ1) is 8.20. The van der Waals surface area contributed by atoms with Gasteiger partial charge in [-0.3, -0.25) is 0 Å². The van der Waals surface area contributed by atoms with Crippen LogP contribution in [0.15, 0.2) is 0 Å². The molecule has 0 aromatic heterocycles. The van der Waals surface area contributed by atoms with E-state index in [0.717, 1.165) is 11.8 Å². The third kappa shape index (κ3) is 12.2. The van der Waals surface area contributed by atoms with Gasteiger partial charge in [-0.05, 0) is 11.8 Å². The molecule has 0 aliphatic carbocycles. The van der Waals surface area contributed by atoms with Crippen molar-refractivity contribution < 1.29 is 0 Å². The van der Waals surface area contributed by atoms with E-state index in [0.29, 0.717) is 0 Å². The Morgan fingerprint density at radius 3 is 1.47 bits per heavy atom. The predicted octanol–water partition coefficient (Wildman–Crippen LogP) is 6.59. The third-order valence-corrected chi connectivity index (χ3v) is 3.98. The highest BCUT2D eigenvalue weighted by atomic mass is 14.1. The summed E-state index contributed by atoms with van der Waals surface area (Å²) in [5.41, 5.74) is 0. The minimum atomic E-state index is 0.960. The van der Waals surface area contributed by atoms with Crippen LogP contribution in [0.4, 0.5) is 0 Å². The standard InChI is InChI=1S/C17H36/c1-5-7-9-13-17(4)15-11-8-10-14-16(3)12-6-2/h16-17H,5-15H2,1-4H3. The van der Waals surface area contributed by atoms with Crippen LogP contribution in [-0.2, 0) is 0 Å².